The highest BCUT2D eigenvalue weighted by atomic mass is 16.4. The maximum atomic E-state index is 13.9. The lowest BCUT2D eigenvalue weighted by Crippen LogP contribution is -2.70. The lowest BCUT2D eigenvalue weighted by atomic mass is 9.56. The molecule has 202 valence electrons. The summed E-state index contributed by atoms with van der Waals surface area (Å²) in [5.41, 5.74) is 2.63. The molecule has 3 aliphatic rings. The lowest BCUT2D eigenvalue weighted by molar-refractivity contribution is -0.168. The van der Waals surface area contributed by atoms with Gasteiger partial charge in [0.25, 0.3) is 5.91 Å². The van der Waals surface area contributed by atoms with Crippen LogP contribution in [0.2, 0.25) is 0 Å². The highest BCUT2D eigenvalue weighted by molar-refractivity contribution is 6.24. The number of phenolic OH excluding ortho intramolecular Hbond substituents is 1. The van der Waals surface area contributed by atoms with Crippen LogP contribution >= 0.6 is 0 Å². The van der Waals surface area contributed by atoms with Crippen LogP contribution < -0.4 is 5.73 Å². The van der Waals surface area contributed by atoms with Crippen molar-refractivity contribution in [3.05, 3.63) is 81.6 Å². The number of rotatable bonds is 4. The minimum atomic E-state index is -2.93. The second kappa shape index (κ2) is 9.19. The van der Waals surface area contributed by atoms with E-state index in [-0.39, 0.29) is 17.7 Å². The van der Waals surface area contributed by atoms with E-state index < -0.39 is 69.7 Å². The number of Topliss-reactive ketones (excluding diaryl/α,β-unsaturated/α-hetero) is 2. The first-order valence-corrected chi connectivity index (χ1v) is 12.3. The summed E-state index contributed by atoms with van der Waals surface area (Å²) in [6, 6.07) is 11.2. The summed E-state index contributed by atoms with van der Waals surface area (Å²) in [7, 11) is 2.92. The van der Waals surface area contributed by atoms with Crippen molar-refractivity contribution >= 4 is 35.4 Å². The standard InChI is InChI=1S/C29H28N2O8/c1-31(2)21-20-23(33)16-12-15-11-10-14(9-8-13-6-4-3-5-7-13)22(32)17(15)24(34)18(16)26(36)29(20,39)27(37)19(25(21)35)28(30)38/h3-11,16,20-21,23,32-34,37,39H,12H2,1-2H3,(H2,30,38)/b9-8+/t16-,20-,21+,23+,29+/m0/s1. The van der Waals surface area contributed by atoms with Crippen LogP contribution in [0, 0.1) is 11.8 Å². The molecule has 39 heavy (non-hydrogen) atoms. The van der Waals surface area contributed by atoms with Gasteiger partial charge in [0, 0.05) is 17.1 Å². The number of ketones is 2. The van der Waals surface area contributed by atoms with E-state index >= 15 is 0 Å². The van der Waals surface area contributed by atoms with Gasteiger partial charge < -0.3 is 31.3 Å². The van der Waals surface area contributed by atoms with Crippen LogP contribution in [0.1, 0.15) is 22.3 Å². The molecule has 0 heterocycles. The van der Waals surface area contributed by atoms with E-state index in [1.807, 2.05) is 30.3 Å². The summed E-state index contributed by atoms with van der Waals surface area (Å²) in [5, 5.41) is 56.4. The number of nitrogens with two attached hydrogens (primary N) is 1. The van der Waals surface area contributed by atoms with Gasteiger partial charge in [0.2, 0.25) is 5.78 Å². The van der Waals surface area contributed by atoms with Gasteiger partial charge in [0.05, 0.1) is 23.6 Å². The molecule has 5 rings (SSSR count). The largest absolute Gasteiger partial charge is 0.508 e. The average molecular weight is 533 g/mol. The number of amides is 1. The zero-order valence-electron chi connectivity index (χ0n) is 21.2. The Morgan fingerprint density at radius 2 is 1.72 bits per heavy atom. The van der Waals surface area contributed by atoms with Crippen molar-refractivity contribution in [2.75, 3.05) is 14.1 Å². The molecule has 10 nitrogen and oxygen atoms in total. The third-order valence-corrected chi connectivity index (χ3v) is 7.96. The molecule has 0 saturated heterocycles. The van der Waals surface area contributed by atoms with Crippen molar-refractivity contribution < 1.29 is 39.9 Å². The molecule has 1 fully saturated rings. The van der Waals surface area contributed by atoms with E-state index in [1.165, 1.54) is 19.0 Å². The van der Waals surface area contributed by atoms with Gasteiger partial charge >= 0.3 is 0 Å². The molecule has 5 atom stereocenters. The van der Waals surface area contributed by atoms with Gasteiger partial charge in [-0.1, -0.05) is 54.6 Å². The first kappa shape index (κ1) is 26.4. The fraction of sp³-hybridized carbons (Fsp3) is 0.276. The minimum Gasteiger partial charge on any atom is -0.508 e. The van der Waals surface area contributed by atoms with Crippen LogP contribution in [0.4, 0.5) is 0 Å². The molecule has 2 aromatic carbocycles. The van der Waals surface area contributed by atoms with Crippen LogP contribution in [-0.4, -0.2) is 79.7 Å². The van der Waals surface area contributed by atoms with Gasteiger partial charge in [0.15, 0.2) is 11.4 Å². The van der Waals surface area contributed by atoms with Crippen molar-refractivity contribution in [3.8, 4) is 5.75 Å². The molecule has 0 unspecified atom stereocenters. The number of phenols is 1. The van der Waals surface area contributed by atoms with Crippen LogP contribution in [0.15, 0.2) is 59.4 Å². The number of hydrogen-bond acceptors (Lipinski definition) is 9. The number of nitrogens with zero attached hydrogens (tertiary/aromatic N) is 1. The average Bonchev–Trinajstić information content (AvgIpc) is 2.88. The molecule has 10 heteroatoms. The molecule has 1 amide bonds. The number of aliphatic hydroxyl groups excluding tert-OH is 3. The van der Waals surface area contributed by atoms with Crippen molar-refractivity contribution in [3.63, 3.8) is 0 Å². The summed E-state index contributed by atoms with van der Waals surface area (Å²) in [5.74, 6) is -8.36. The number of aromatic hydroxyl groups is 1. The number of fused-ring (bicyclic) bond motifs is 3. The van der Waals surface area contributed by atoms with Gasteiger partial charge in [-0.05, 0) is 31.6 Å². The van der Waals surface area contributed by atoms with Gasteiger partial charge in [0.1, 0.15) is 22.8 Å². The fourth-order valence-corrected chi connectivity index (χ4v) is 6.13. The molecule has 2 aromatic rings. The molecular weight excluding hydrogens is 504 g/mol. The molecule has 0 spiro atoms. The Labute approximate surface area is 223 Å². The normalized spacial score (nSPS) is 28.5. The lowest BCUT2D eigenvalue weighted by Gasteiger charge is -2.52. The number of carbonyl (C=O) groups is 3. The molecule has 3 aliphatic carbocycles. The Hall–Kier alpha value is -4.25. The minimum absolute atomic E-state index is 0.00799. The third-order valence-electron chi connectivity index (χ3n) is 7.96. The Bertz CT molecular complexity index is 1510. The van der Waals surface area contributed by atoms with Crippen molar-refractivity contribution in [1.82, 2.24) is 4.90 Å². The first-order chi connectivity index (χ1) is 18.4. The predicted octanol–water partition coefficient (Wildman–Crippen LogP) is 1.11. The molecular formula is C29H28N2O8. The van der Waals surface area contributed by atoms with E-state index in [9.17, 15) is 39.9 Å². The highest BCUT2D eigenvalue weighted by Gasteiger charge is 2.67. The van der Waals surface area contributed by atoms with Gasteiger partial charge in [-0.25, -0.2) is 0 Å². The van der Waals surface area contributed by atoms with Crippen LogP contribution in [0.3, 0.4) is 0 Å². The van der Waals surface area contributed by atoms with Crippen LogP contribution in [0.25, 0.3) is 17.9 Å². The summed E-state index contributed by atoms with van der Waals surface area (Å²) in [4.78, 5) is 40.4. The second-order valence-electron chi connectivity index (χ2n) is 10.3. The number of aliphatic hydroxyl groups is 4. The maximum absolute atomic E-state index is 13.9. The highest BCUT2D eigenvalue weighted by Crippen LogP contribution is 2.53. The van der Waals surface area contributed by atoms with Gasteiger partial charge in [-0.2, -0.15) is 0 Å². The SMILES string of the molecule is CN(C)[C@H]1C(=O)C(C(N)=O)=C(O)[C@]2(O)C(=O)C3=C(O)c4c(ccc(/C=C/c5ccccc5)c4O)C[C@@H]3[C@@H](O)[C@H]12. The third kappa shape index (κ3) is 3.71. The zero-order valence-corrected chi connectivity index (χ0v) is 21.2. The number of hydrogen-bond donors (Lipinski definition) is 6. The Morgan fingerprint density at radius 3 is 2.33 bits per heavy atom. The summed E-state index contributed by atoms with van der Waals surface area (Å²) in [6.07, 6.45) is 1.78. The number of benzene rings is 2. The zero-order chi connectivity index (χ0) is 28.4. The van der Waals surface area contributed by atoms with E-state index in [1.54, 1.807) is 24.3 Å². The van der Waals surface area contributed by atoms with E-state index in [0.717, 1.165) is 5.56 Å². The number of primary amides is 1. The smallest absolute Gasteiger partial charge is 0.255 e. The quantitative estimate of drug-likeness (QED) is 0.248. The Morgan fingerprint density at radius 1 is 1.05 bits per heavy atom. The predicted molar refractivity (Wildman–Crippen MR) is 141 cm³/mol. The van der Waals surface area contributed by atoms with Gasteiger partial charge in [-0.15, -0.1) is 0 Å². The second-order valence-corrected chi connectivity index (χ2v) is 10.3. The van der Waals surface area contributed by atoms with Crippen molar-refractivity contribution in [2.24, 2.45) is 17.6 Å². The topological polar surface area (TPSA) is 182 Å². The molecule has 0 radical (unpaired) electrons. The molecule has 0 aromatic heterocycles. The maximum Gasteiger partial charge on any atom is 0.255 e. The van der Waals surface area contributed by atoms with Gasteiger partial charge in [-0.3, -0.25) is 19.3 Å². The number of carbonyl (C=O) groups excluding carboxylic acids is 3. The van der Waals surface area contributed by atoms with Crippen LogP contribution in [0.5, 0.6) is 5.75 Å². The summed E-state index contributed by atoms with van der Waals surface area (Å²) >= 11 is 0. The van der Waals surface area contributed by atoms with Crippen molar-refractivity contribution in [1.29, 1.82) is 0 Å². The monoisotopic (exact) mass is 532 g/mol. The molecule has 0 bridgehead atoms. The summed E-state index contributed by atoms with van der Waals surface area (Å²) < 4.78 is 0. The summed E-state index contributed by atoms with van der Waals surface area (Å²) in [6.45, 7) is 0. The number of likely N-dealkylation sites (N-methyl/N-ethyl adjacent to an activating group) is 1. The first-order valence-electron chi connectivity index (χ1n) is 12.3. The van der Waals surface area contributed by atoms with Crippen LogP contribution in [-0.2, 0) is 20.8 Å². The van der Waals surface area contributed by atoms with E-state index in [0.29, 0.717) is 11.1 Å². The Kier molecular flexibility index (Phi) is 6.21. The molecule has 0 aliphatic heterocycles. The van der Waals surface area contributed by atoms with Crippen molar-refractivity contribution in [2.45, 2.75) is 24.2 Å². The fourth-order valence-electron chi connectivity index (χ4n) is 6.13. The molecule has 1 saturated carbocycles. The molecule has 7 N–H and O–H groups in total. The van der Waals surface area contributed by atoms with E-state index in [4.69, 9.17) is 5.73 Å². The van der Waals surface area contributed by atoms with E-state index in [2.05, 4.69) is 0 Å². The Balaban J connectivity index is 1.68.